The molecule has 0 aromatic heterocycles. The van der Waals surface area contributed by atoms with Crippen molar-refractivity contribution < 1.29 is 0 Å². The largest absolute Gasteiger partial charge is 0.389 e. The zero-order valence-corrected chi connectivity index (χ0v) is 13.8. The number of nitrogens with zero attached hydrogens (tertiary/aromatic N) is 1. The molecule has 20 heavy (non-hydrogen) atoms. The van der Waals surface area contributed by atoms with Crippen molar-refractivity contribution in [1.82, 2.24) is 4.90 Å². The maximum absolute atomic E-state index is 5.67. The number of anilines is 1. The van der Waals surface area contributed by atoms with Crippen LogP contribution in [0.5, 0.6) is 0 Å². The second-order valence-corrected chi connectivity index (χ2v) is 6.99. The number of rotatable bonds is 3. The van der Waals surface area contributed by atoms with Gasteiger partial charge in [-0.05, 0) is 59.9 Å². The Balaban J connectivity index is 1.73. The van der Waals surface area contributed by atoms with Crippen molar-refractivity contribution in [2.24, 2.45) is 5.73 Å². The van der Waals surface area contributed by atoms with Crippen molar-refractivity contribution >= 4 is 38.8 Å². The van der Waals surface area contributed by atoms with Crippen LogP contribution in [-0.2, 0) is 0 Å². The van der Waals surface area contributed by atoms with E-state index in [-0.39, 0.29) is 0 Å². The van der Waals surface area contributed by atoms with Gasteiger partial charge in [-0.3, -0.25) is 4.90 Å². The van der Waals surface area contributed by atoms with Crippen molar-refractivity contribution in [1.29, 1.82) is 0 Å². The van der Waals surface area contributed by atoms with Crippen LogP contribution < -0.4 is 11.1 Å². The Labute approximate surface area is 134 Å². The molecule has 3 rings (SSSR count). The average Bonchev–Trinajstić information content (AvgIpc) is 2.84. The Morgan fingerprint density at radius 3 is 2.90 bits per heavy atom. The fraction of sp³-hybridized carbons (Fsp3) is 0.533. The van der Waals surface area contributed by atoms with Crippen molar-refractivity contribution in [2.75, 3.05) is 18.4 Å². The van der Waals surface area contributed by atoms with E-state index in [9.17, 15) is 0 Å². The Morgan fingerprint density at radius 2 is 2.15 bits per heavy atom. The van der Waals surface area contributed by atoms with Crippen LogP contribution in [0.15, 0.2) is 22.7 Å². The second-order valence-electron chi connectivity index (χ2n) is 5.70. The van der Waals surface area contributed by atoms with Crippen LogP contribution in [0.3, 0.4) is 0 Å². The minimum absolute atomic E-state index is 0.441. The van der Waals surface area contributed by atoms with Gasteiger partial charge in [0.25, 0.3) is 0 Å². The molecule has 2 fully saturated rings. The molecule has 0 radical (unpaired) electrons. The van der Waals surface area contributed by atoms with Gasteiger partial charge in [0.1, 0.15) is 4.99 Å². The summed E-state index contributed by atoms with van der Waals surface area (Å²) in [4.78, 5) is 3.08. The molecule has 2 heterocycles. The van der Waals surface area contributed by atoms with E-state index in [0.29, 0.717) is 17.1 Å². The highest BCUT2D eigenvalue weighted by molar-refractivity contribution is 9.10. The highest BCUT2D eigenvalue weighted by atomic mass is 79.9. The van der Waals surface area contributed by atoms with Crippen LogP contribution in [-0.4, -0.2) is 35.1 Å². The summed E-state index contributed by atoms with van der Waals surface area (Å²) in [5, 5.41) is 3.70. The first-order chi connectivity index (χ1) is 9.65. The summed E-state index contributed by atoms with van der Waals surface area (Å²) in [5.74, 6) is 0. The lowest BCUT2D eigenvalue weighted by molar-refractivity contribution is 0.193. The minimum atomic E-state index is 0.441. The van der Waals surface area contributed by atoms with Gasteiger partial charge in [-0.1, -0.05) is 18.6 Å². The summed E-state index contributed by atoms with van der Waals surface area (Å²) in [6.45, 7) is 2.50. The third kappa shape index (κ3) is 2.85. The zero-order chi connectivity index (χ0) is 14.1. The number of thiocarbonyl (C=S) groups is 1. The monoisotopic (exact) mass is 353 g/mol. The number of nitrogens with two attached hydrogens (primary N) is 1. The average molecular weight is 354 g/mol. The molecule has 2 saturated heterocycles. The number of benzene rings is 1. The highest BCUT2D eigenvalue weighted by Gasteiger charge is 2.35. The molecule has 1 aromatic rings. The molecule has 5 heteroatoms. The van der Waals surface area contributed by atoms with Crippen molar-refractivity contribution in [3.8, 4) is 0 Å². The first-order valence-corrected chi connectivity index (χ1v) is 8.45. The smallest absolute Gasteiger partial charge is 0.104 e. The molecule has 0 amide bonds. The fourth-order valence-electron chi connectivity index (χ4n) is 3.40. The summed E-state index contributed by atoms with van der Waals surface area (Å²) in [5.41, 5.74) is 7.71. The Morgan fingerprint density at radius 1 is 1.30 bits per heavy atom. The summed E-state index contributed by atoms with van der Waals surface area (Å²) in [6.07, 6.45) is 5.27. The lowest BCUT2D eigenvalue weighted by Gasteiger charge is -2.33. The molecule has 0 spiro atoms. The Hall–Kier alpha value is -0.650. The summed E-state index contributed by atoms with van der Waals surface area (Å²) < 4.78 is 1.04. The first-order valence-electron chi connectivity index (χ1n) is 7.25. The predicted octanol–water partition coefficient (Wildman–Crippen LogP) is 3.12. The third-order valence-corrected chi connectivity index (χ3v) is 5.34. The van der Waals surface area contributed by atoms with Crippen LogP contribution in [0.2, 0.25) is 0 Å². The Bertz CT molecular complexity index is 520. The summed E-state index contributed by atoms with van der Waals surface area (Å²) in [7, 11) is 0. The first kappa shape index (κ1) is 14.3. The van der Waals surface area contributed by atoms with E-state index >= 15 is 0 Å². The molecule has 108 valence electrons. The van der Waals surface area contributed by atoms with Gasteiger partial charge in [0.05, 0.1) is 0 Å². The molecule has 2 atom stereocenters. The Kier molecular flexibility index (Phi) is 4.29. The fourth-order valence-corrected chi connectivity index (χ4v) is 4.02. The molecule has 0 saturated carbocycles. The van der Waals surface area contributed by atoms with Crippen LogP contribution in [0.1, 0.15) is 31.2 Å². The van der Waals surface area contributed by atoms with E-state index in [4.69, 9.17) is 18.0 Å². The molecule has 3 nitrogen and oxygen atoms in total. The van der Waals surface area contributed by atoms with Crippen molar-refractivity contribution in [3.05, 3.63) is 28.2 Å². The SMILES string of the molecule is NC(=S)c1ccc(NC2CCN3CCCCC23)c(Br)c1. The number of hydrogen-bond acceptors (Lipinski definition) is 3. The van der Waals surface area contributed by atoms with Crippen molar-refractivity contribution in [3.63, 3.8) is 0 Å². The molecule has 2 aliphatic heterocycles. The standard InChI is InChI=1S/C15H20BrN3S/c16-11-9-10(15(17)20)4-5-12(11)18-13-6-8-19-7-2-1-3-14(13)19/h4-5,9,13-14,18H,1-3,6-8H2,(H2,17,20). The van der Waals surface area contributed by atoms with Gasteiger partial charge >= 0.3 is 0 Å². The van der Waals surface area contributed by atoms with Gasteiger partial charge in [0.15, 0.2) is 0 Å². The molecular weight excluding hydrogens is 334 g/mol. The molecule has 2 unspecified atom stereocenters. The van der Waals surface area contributed by atoms with Crippen LogP contribution >= 0.6 is 28.1 Å². The van der Waals surface area contributed by atoms with Gasteiger partial charge in [-0.15, -0.1) is 0 Å². The number of fused-ring (bicyclic) bond motifs is 1. The summed E-state index contributed by atoms with van der Waals surface area (Å²) >= 11 is 8.63. The number of hydrogen-bond donors (Lipinski definition) is 2. The maximum atomic E-state index is 5.67. The number of piperidine rings is 1. The van der Waals surface area contributed by atoms with E-state index in [1.807, 2.05) is 12.1 Å². The normalized spacial score (nSPS) is 26.2. The van der Waals surface area contributed by atoms with Crippen LogP contribution in [0, 0.1) is 0 Å². The van der Waals surface area contributed by atoms with E-state index in [0.717, 1.165) is 15.7 Å². The molecule has 0 bridgehead atoms. The summed E-state index contributed by atoms with van der Waals surface area (Å²) in [6, 6.07) is 7.32. The van der Waals surface area contributed by atoms with Gasteiger partial charge in [0.2, 0.25) is 0 Å². The van der Waals surface area contributed by atoms with Gasteiger partial charge < -0.3 is 11.1 Å². The third-order valence-electron chi connectivity index (χ3n) is 4.45. The van der Waals surface area contributed by atoms with E-state index in [2.05, 4.69) is 32.2 Å². The van der Waals surface area contributed by atoms with Gasteiger partial charge in [0, 0.05) is 34.4 Å². The minimum Gasteiger partial charge on any atom is -0.389 e. The van der Waals surface area contributed by atoms with E-state index in [1.165, 1.54) is 38.8 Å². The second kappa shape index (κ2) is 6.00. The van der Waals surface area contributed by atoms with Crippen molar-refractivity contribution in [2.45, 2.75) is 37.8 Å². The topological polar surface area (TPSA) is 41.3 Å². The van der Waals surface area contributed by atoms with Gasteiger partial charge in [-0.2, -0.15) is 0 Å². The van der Waals surface area contributed by atoms with E-state index in [1.54, 1.807) is 0 Å². The number of nitrogens with one attached hydrogen (secondary N) is 1. The predicted molar refractivity (Wildman–Crippen MR) is 91.3 cm³/mol. The quantitative estimate of drug-likeness (QED) is 0.819. The molecule has 0 aliphatic carbocycles. The zero-order valence-electron chi connectivity index (χ0n) is 11.4. The molecule has 1 aromatic carbocycles. The highest BCUT2D eigenvalue weighted by Crippen LogP contribution is 2.32. The molecule has 2 aliphatic rings. The number of halogens is 1. The lowest BCUT2D eigenvalue weighted by atomic mass is 9.99. The van der Waals surface area contributed by atoms with Crippen LogP contribution in [0.25, 0.3) is 0 Å². The van der Waals surface area contributed by atoms with Gasteiger partial charge in [-0.25, -0.2) is 0 Å². The molecule has 3 N–H and O–H groups in total. The van der Waals surface area contributed by atoms with Crippen LogP contribution in [0.4, 0.5) is 5.69 Å². The van der Waals surface area contributed by atoms with E-state index < -0.39 is 0 Å². The molecular formula is C15H20BrN3S. The lowest BCUT2D eigenvalue weighted by Crippen LogP contribution is -2.41. The maximum Gasteiger partial charge on any atom is 0.104 e.